The molecule has 10 heteroatoms. The van der Waals surface area contributed by atoms with Gasteiger partial charge in [0.2, 0.25) is 5.95 Å². The molecule has 1 N–H and O–H groups in total. The molecule has 0 bridgehead atoms. The van der Waals surface area contributed by atoms with E-state index < -0.39 is 24.2 Å². The Bertz CT molecular complexity index is 1510. The van der Waals surface area contributed by atoms with Crippen molar-refractivity contribution < 1.29 is 9.90 Å². The van der Waals surface area contributed by atoms with Crippen molar-refractivity contribution in [1.29, 1.82) is 0 Å². The Labute approximate surface area is 223 Å². The fourth-order valence-electron chi connectivity index (χ4n) is 4.46. The lowest BCUT2D eigenvalue weighted by molar-refractivity contribution is -0.137. The van der Waals surface area contributed by atoms with Crippen LogP contribution in [0.4, 0.5) is 5.95 Å². The van der Waals surface area contributed by atoms with Crippen LogP contribution in [0.5, 0.6) is 0 Å². The topological polar surface area (TPSA) is 92.7 Å². The fourth-order valence-corrected chi connectivity index (χ4v) is 4.71. The van der Waals surface area contributed by atoms with Crippen molar-refractivity contribution in [3.8, 4) is 0 Å². The zero-order chi connectivity index (χ0) is 26.1. The first-order valence-corrected chi connectivity index (χ1v) is 12.4. The van der Waals surface area contributed by atoms with Crippen LogP contribution in [0, 0.1) is 0 Å². The van der Waals surface area contributed by atoms with Crippen LogP contribution in [-0.2, 0) is 11.3 Å². The Morgan fingerprint density at radius 3 is 2.24 bits per heavy atom. The van der Waals surface area contributed by atoms with Gasteiger partial charge in [0, 0.05) is 16.0 Å². The minimum Gasteiger partial charge on any atom is -0.480 e. The first kappa shape index (κ1) is 24.8. The molecule has 5 rings (SSSR count). The molecule has 0 saturated heterocycles. The van der Waals surface area contributed by atoms with E-state index in [0.717, 1.165) is 27.0 Å². The van der Waals surface area contributed by atoms with Crippen LogP contribution < -0.4 is 10.7 Å². The molecule has 3 aromatic carbocycles. The van der Waals surface area contributed by atoms with Gasteiger partial charge in [0.05, 0.1) is 18.3 Å². The van der Waals surface area contributed by atoms with Gasteiger partial charge in [-0.1, -0.05) is 77.8 Å². The molecule has 0 saturated carbocycles. The van der Waals surface area contributed by atoms with E-state index in [2.05, 4.69) is 5.10 Å². The van der Waals surface area contributed by atoms with Crippen LogP contribution >= 0.6 is 23.2 Å². The summed E-state index contributed by atoms with van der Waals surface area (Å²) >= 11 is 12.1. The molecule has 1 aromatic heterocycles. The highest BCUT2D eigenvalue weighted by Crippen LogP contribution is 2.32. The summed E-state index contributed by atoms with van der Waals surface area (Å²) in [5.41, 5.74) is 2.97. The van der Waals surface area contributed by atoms with E-state index in [1.165, 1.54) is 4.68 Å². The molecule has 1 aliphatic heterocycles. The third-order valence-corrected chi connectivity index (χ3v) is 6.87. The summed E-state index contributed by atoms with van der Waals surface area (Å²) in [6.45, 7) is 1.67. The SMILES string of the molecule is C[C@@H](c1ccc(Cl)cc1)n1nc(N2C[C@@H](c3ccccc3)C(c3ccc(Cl)cc3)=N2)n(CC(=O)O)c1=O. The second-order valence-corrected chi connectivity index (χ2v) is 9.64. The smallest absolute Gasteiger partial charge is 0.348 e. The van der Waals surface area contributed by atoms with Crippen molar-refractivity contribution >= 4 is 40.8 Å². The van der Waals surface area contributed by atoms with Gasteiger partial charge in [-0.3, -0.25) is 4.79 Å². The van der Waals surface area contributed by atoms with E-state index in [4.69, 9.17) is 28.3 Å². The molecule has 0 spiro atoms. The maximum Gasteiger partial charge on any atom is 0.348 e. The monoisotopic (exact) mass is 535 g/mol. The van der Waals surface area contributed by atoms with Crippen LogP contribution in [-0.4, -0.2) is 37.7 Å². The van der Waals surface area contributed by atoms with Crippen LogP contribution in [0.15, 0.2) is 88.8 Å². The van der Waals surface area contributed by atoms with Gasteiger partial charge in [-0.2, -0.15) is 5.10 Å². The molecule has 2 atom stereocenters. The summed E-state index contributed by atoms with van der Waals surface area (Å²) < 4.78 is 2.43. The zero-order valence-electron chi connectivity index (χ0n) is 19.8. The van der Waals surface area contributed by atoms with E-state index in [1.807, 2.05) is 61.5 Å². The predicted molar refractivity (Wildman–Crippen MR) is 144 cm³/mol. The minimum atomic E-state index is -1.15. The molecule has 0 unspecified atom stereocenters. The summed E-state index contributed by atoms with van der Waals surface area (Å²) in [5.74, 6) is -1.12. The van der Waals surface area contributed by atoms with Gasteiger partial charge in [0.25, 0.3) is 0 Å². The van der Waals surface area contributed by atoms with Crippen molar-refractivity contribution in [1.82, 2.24) is 14.3 Å². The number of nitrogens with zero attached hydrogens (tertiary/aromatic N) is 5. The highest BCUT2D eigenvalue weighted by atomic mass is 35.5. The number of carboxylic acids is 1. The number of aromatic nitrogens is 3. The first-order valence-electron chi connectivity index (χ1n) is 11.7. The summed E-state index contributed by atoms with van der Waals surface area (Å²) in [6.07, 6.45) is 0. The van der Waals surface area contributed by atoms with Crippen LogP contribution in [0.2, 0.25) is 10.0 Å². The first-order chi connectivity index (χ1) is 17.8. The van der Waals surface area contributed by atoms with Crippen LogP contribution in [0.1, 0.15) is 35.6 Å². The van der Waals surface area contributed by atoms with Gasteiger partial charge < -0.3 is 5.11 Å². The Morgan fingerprint density at radius 2 is 1.62 bits per heavy atom. The van der Waals surface area contributed by atoms with E-state index in [1.54, 1.807) is 29.3 Å². The molecule has 0 aliphatic carbocycles. The quantitative estimate of drug-likeness (QED) is 0.357. The van der Waals surface area contributed by atoms with Gasteiger partial charge in [0.15, 0.2) is 0 Å². The summed E-state index contributed by atoms with van der Waals surface area (Å²) in [5, 5.41) is 21.8. The summed E-state index contributed by atoms with van der Waals surface area (Å²) in [4.78, 5) is 25.1. The number of anilines is 1. The molecule has 188 valence electrons. The molecule has 8 nitrogen and oxygen atoms in total. The molecule has 37 heavy (non-hydrogen) atoms. The number of carbonyl (C=O) groups is 1. The molecule has 0 fully saturated rings. The number of hydrogen-bond acceptors (Lipinski definition) is 5. The average molecular weight is 536 g/mol. The number of rotatable bonds is 7. The van der Waals surface area contributed by atoms with Crippen molar-refractivity contribution in [2.24, 2.45) is 5.10 Å². The standard InChI is InChI=1S/C27H23Cl2N5O3/c1-17(18-7-11-21(28)12-8-18)34-27(37)32(16-24(35)36)26(31-34)33-15-23(19-5-3-2-4-6-19)25(30-33)20-9-13-22(29)14-10-20/h2-14,17,23H,15-16H2,1H3,(H,35,36)/t17-,23-/m0/s1. The number of hydrogen-bond donors (Lipinski definition) is 1. The highest BCUT2D eigenvalue weighted by Gasteiger charge is 2.34. The molecule has 0 amide bonds. The second-order valence-electron chi connectivity index (χ2n) is 8.77. The third-order valence-electron chi connectivity index (χ3n) is 6.36. The second kappa shape index (κ2) is 10.2. The normalized spacial score (nSPS) is 16.0. The Balaban J connectivity index is 1.60. The summed E-state index contributed by atoms with van der Waals surface area (Å²) in [7, 11) is 0. The maximum absolute atomic E-state index is 13.4. The van der Waals surface area contributed by atoms with Crippen molar-refractivity contribution in [2.75, 3.05) is 11.6 Å². The Hall–Kier alpha value is -3.88. The number of halogens is 2. The van der Waals surface area contributed by atoms with E-state index in [9.17, 15) is 14.7 Å². The molecule has 0 radical (unpaired) electrons. The minimum absolute atomic E-state index is 0.130. The molecular weight excluding hydrogens is 513 g/mol. The van der Waals surface area contributed by atoms with E-state index in [0.29, 0.717) is 16.6 Å². The number of carboxylic acid groups (broad SMARTS) is 1. The average Bonchev–Trinajstić information content (AvgIpc) is 3.47. The third kappa shape index (κ3) is 5.03. The van der Waals surface area contributed by atoms with Gasteiger partial charge in [-0.15, -0.1) is 5.10 Å². The number of aliphatic carboxylic acids is 1. The van der Waals surface area contributed by atoms with Crippen molar-refractivity contribution in [3.05, 3.63) is 116 Å². The van der Waals surface area contributed by atoms with Gasteiger partial charge in [0.1, 0.15) is 6.54 Å². The van der Waals surface area contributed by atoms with Crippen molar-refractivity contribution in [2.45, 2.75) is 25.4 Å². The van der Waals surface area contributed by atoms with Gasteiger partial charge >= 0.3 is 11.7 Å². The lowest BCUT2D eigenvalue weighted by atomic mass is 9.91. The van der Waals surface area contributed by atoms with Crippen LogP contribution in [0.25, 0.3) is 0 Å². The lowest BCUT2D eigenvalue weighted by Crippen LogP contribution is -2.31. The largest absolute Gasteiger partial charge is 0.480 e. The molecule has 4 aromatic rings. The van der Waals surface area contributed by atoms with Crippen molar-refractivity contribution in [3.63, 3.8) is 0 Å². The van der Waals surface area contributed by atoms with Gasteiger partial charge in [-0.05, 0) is 47.9 Å². The summed E-state index contributed by atoms with van der Waals surface area (Å²) in [6, 6.07) is 23.9. The Kier molecular flexibility index (Phi) is 6.86. The number of benzene rings is 3. The van der Waals surface area contributed by atoms with E-state index >= 15 is 0 Å². The van der Waals surface area contributed by atoms with E-state index in [-0.39, 0.29) is 11.9 Å². The maximum atomic E-state index is 13.4. The van der Waals surface area contributed by atoms with Gasteiger partial charge in [-0.25, -0.2) is 19.1 Å². The molecule has 1 aliphatic rings. The predicted octanol–water partition coefficient (Wildman–Crippen LogP) is 5.05. The lowest BCUT2D eigenvalue weighted by Gasteiger charge is -2.16. The van der Waals surface area contributed by atoms with Crippen LogP contribution in [0.3, 0.4) is 0 Å². The molecule has 2 heterocycles. The number of hydrazone groups is 1. The fraction of sp³-hybridized carbons (Fsp3) is 0.185. The molecular formula is C27H23Cl2N5O3. The highest BCUT2D eigenvalue weighted by molar-refractivity contribution is 6.31. The Morgan fingerprint density at radius 1 is 1.00 bits per heavy atom. The zero-order valence-corrected chi connectivity index (χ0v) is 21.3.